The molecule has 1 amide bonds. The molecule has 1 saturated heterocycles. The van der Waals surface area contributed by atoms with Crippen molar-refractivity contribution in [3.05, 3.63) is 64.1 Å². The minimum Gasteiger partial charge on any atom is -0.408 e. The summed E-state index contributed by atoms with van der Waals surface area (Å²) in [7, 11) is 0. The fourth-order valence-electron chi connectivity index (χ4n) is 4.87. The number of hydrogen-bond acceptors (Lipinski definition) is 7. The molecule has 5 aromatic rings. The monoisotopic (exact) mass is 488 g/mol. The predicted octanol–water partition coefficient (Wildman–Crippen LogP) is 3.64. The summed E-state index contributed by atoms with van der Waals surface area (Å²) >= 11 is 1.57. The maximum atomic E-state index is 13.2. The van der Waals surface area contributed by atoms with Gasteiger partial charge in [-0.1, -0.05) is 24.3 Å². The standard InChI is InChI=1S/C25H24N6O3S/c1-15-6-5-9-19-22(15)31(25(33)34-19)13-20(32)30-11-10-29(12-16(30)2)24-21(26-14-35-24)23-27-17-7-3-4-8-18(17)28-23/h3-9,14,16H,10-13H2,1-2H3,(H,27,28). The molecule has 10 heteroatoms. The lowest BCUT2D eigenvalue weighted by molar-refractivity contribution is -0.134. The number of oxazole rings is 1. The number of hydrogen-bond donors (Lipinski definition) is 1. The average Bonchev–Trinajstić information content (AvgIpc) is 3.56. The molecular formula is C25H24N6O3S. The second kappa shape index (κ2) is 8.38. The van der Waals surface area contributed by atoms with E-state index < -0.39 is 5.76 Å². The van der Waals surface area contributed by atoms with Gasteiger partial charge in [-0.2, -0.15) is 0 Å². The summed E-state index contributed by atoms with van der Waals surface area (Å²) in [6.07, 6.45) is 0. The smallest absolute Gasteiger partial charge is 0.408 e. The molecule has 0 saturated carbocycles. The fourth-order valence-corrected chi connectivity index (χ4v) is 5.71. The summed E-state index contributed by atoms with van der Waals surface area (Å²) in [6, 6.07) is 13.4. The van der Waals surface area contributed by atoms with Gasteiger partial charge in [0.1, 0.15) is 17.2 Å². The third-order valence-electron chi connectivity index (χ3n) is 6.58. The van der Waals surface area contributed by atoms with Crippen LogP contribution in [0.4, 0.5) is 5.00 Å². The molecule has 6 rings (SSSR count). The second-order valence-electron chi connectivity index (χ2n) is 8.87. The first kappa shape index (κ1) is 21.6. The Bertz CT molecular complexity index is 1580. The summed E-state index contributed by atoms with van der Waals surface area (Å²) in [5, 5.41) is 1.04. The van der Waals surface area contributed by atoms with Gasteiger partial charge in [0, 0.05) is 25.7 Å². The molecule has 0 aliphatic carbocycles. The number of rotatable bonds is 4. The van der Waals surface area contributed by atoms with Crippen molar-refractivity contribution in [1.29, 1.82) is 0 Å². The number of piperazine rings is 1. The average molecular weight is 489 g/mol. The van der Waals surface area contributed by atoms with Crippen molar-refractivity contribution in [3.8, 4) is 11.5 Å². The van der Waals surface area contributed by atoms with E-state index in [1.165, 1.54) is 4.57 Å². The van der Waals surface area contributed by atoms with Crippen LogP contribution in [0.2, 0.25) is 0 Å². The predicted molar refractivity (Wildman–Crippen MR) is 136 cm³/mol. The van der Waals surface area contributed by atoms with E-state index in [1.807, 2.05) is 60.7 Å². The number of fused-ring (bicyclic) bond motifs is 2. The zero-order valence-corrected chi connectivity index (χ0v) is 20.2. The highest BCUT2D eigenvalue weighted by molar-refractivity contribution is 7.14. The summed E-state index contributed by atoms with van der Waals surface area (Å²) in [5.74, 6) is 0.149. The van der Waals surface area contributed by atoms with E-state index >= 15 is 0 Å². The highest BCUT2D eigenvalue weighted by atomic mass is 32.1. The molecule has 1 unspecified atom stereocenters. The number of carbonyl (C=O) groups is 1. The molecule has 1 fully saturated rings. The van der Waals surface area contributed by atoms with Gasteiger partial charge in [-0.05, 0) is 37.6 Å². The molecular weight excluding hydrogens is 464 g/mol. The van der Waals surface area contributed by atoms with Crippen LogP contribution < -0.4 is 10.7 Å². The maximum Gasteiger partial charge on any atom is 0.420 e. The van der Waals surface area contributed by atoms with Crippen LogP contribution in [-0.4, -0.2) is 56.0 Å². The van der Waals surface area contributed by atoms with Crippen molar-refractivity contribution in [2.45, 2.75) is 26.4 Å². The molecule has 178 valence electrons. The van der Waals surface area contributed by atoms with Gasteiger partial charge < -0.3 is 19.2 Å². The van der Waals surface area contributed by atoms with Gasteiger partial charge in [-0.3, -0.25) is 9.36 Å². The molecule has 1 aliphatic rings. The van der Waals surface area contributed by atoms with Crippen molar-refractivity contribution in [1.82, 2.24) is 24.4 Å². The topological polar surface area (TPSA) is 100 Å². The van der Waals surface area contributed by atoms with Gasteiger partial charge in [0.2, 0.25) is 5.91 Å². The number of nitrogens with one attached hydrogen (secondary N) is 1. The number of benzene rings is 2. The Morgan fingerprint density at radius 2 is 2.06 bits per heavy atom. The van der Waals surface area contributed by atoms with E-state index in [4.69, 9.17) is 9.40 Å². The lowest BCUT2D eigenvalue weighted by atomic mass is 10.1. The molecule has 1 atom stereocenters. The molecule has 4 heterocycles. The summed E-state index contributed by atoms with van der Waals surface area (Å²) in [4.78, 5) is 42.5. The minimum absolute atomic E-state index is 0.0307. The first-order valence-corrected chi connectivity index (χ1v) is 12.4. The van der Waals surface area contributed by atoms with Gasteiger partial charge >= 0.3 is 5.76 Å². The Kier molecular flexibility index (Phi) is 5.18. The van der Waals surface area contributed by atoms with E-state index in [9.17, 15) is 9.59 Å². The van der Waals surface area contributed by atoms with Crippen LogP contribution >= 0.6 is 11.3 Å². The van der Waals surface area contributed by atoms with E-state index in [0.29, 0.717) is 30.7 Å². The molecule has 1 N–H and O–H groups in total. The first-order valence-electron chi connectivity index (χ1n) is 11.5. The van der Waals surface area contributed by atoms with Crippen LogP contribution in [0.5, 0.6) is 0 Å². The second-order valence-corrected chi connectivity index (χ2v) is 9.70. The number of nitrogens with zero attached hydrogens (tertiary/aromatic N) is 5. The number of thiazole rings is 1. The molecule has 1 aliphatic heterocycles. The van der Waals surface area contributed by atoms with Crippen molar-refractivity contribution in [2.24, 2.45) is 0 Å². The molecule has 35 heavy (non-hydrogen) atoms. The quantitative estimate of drug-likeness (QED) is 0.415. The van der Waals surface area contributed by atoms with Gasteiger partial charge in [0.25, 0.3) is 0 Å². The number of aromatic amines is 1. The van der Waals surface area contributed by atoms with Gasteiger partial charge in [0.15, 0.2) is 11.4 Å². The number of para-hydroxylation sites is 3. The van der Waals surface area contributed by atoms with Gasteiger partial charge in [0.05, 0.1) is 22.1 Å². The Labute approximate surface area is 204 Å². The third-order valence-corrected chi connectivity index (χ3v) is 7.46. The lowest BCUT2D eigenvalue weighted by Crippen LogP contribution is -2.55. The summed E-state index contributed by atoms with van der Waals surface area (Å²) in [5.41, 5.74) is 6.62. The zero-order chi connectivity index (χ0) is 24.1. The van der Waals surface area contributed by atoms with Crippen molar-refractivity contribution in [2.75, 3.05) is 24.5 Å². The van der Waals surface area contributed by atoms with Gasteiger partial charge in [-0.25, -0.2) is 14.8 Å². The summed E-state index contributed by atoms with van der Waals surface area (Å²) < 4.78 is 6.79. The summed E-state index contributed by atoms with van der Waals surface area (Å²) in [6.45, 7) is 5.81. The Morgan fingerprint density at radius 1 is 1.20 bits per heavy atom. The van der Waals surface area contributed by atoms with Crippen LogP contribution in [0, 0.1) is 6.92 Å². The molecule has 2 aromatic carbocycles. The van der Waals surface area contributed by atoms with Crippen LogP contribution in [-0.2, 0) is 11.3 Å². The van der Waals surface area contributed by atoms with E-state index in [0.717, 1.165) is 33.1 Å². The number of anilines is 1. The number of carbonyl (C=O) groups excluding carboxylic acids is 1. The third kappa shape index (κ3) is 3.70. The van der Waals surface area contributed by atoms with E-state index in [-0.39, 0.29) is 18.5 Å². The van der Waals surface area contributed by atoms with Crippen molar-refractivity contribution in [3.63, 3.8) is 0 Å². The largest absolute Gasteiger partial charge is 0.420 e. The number of H-pyrrole nitrogens is 1. The SMILES string of the molecule is Cc1cccc2oc(=O)n(CC(=O)N3CCN(c4scnc4-c4nc5ccccc5[nH]4)CC3C)c12. The number of amides is 1. The number of aryl methyl sites for hydroxylation is 1. The van der Waals surface area contributed by atoms with Crippen molar-refractivity contribution >= 4 is 44.4 Å². The van der Waals surface area contributed by atoms with Crippen LogP contribution in [0.1, 0.15) is 12.5 Å². The van der Waals surface area contributed by atoms with Crippen LogP contribution in [0.3, 0.4) is 0 Å². The number of aromatic nitrogens is 4. The van der Waals surface area contributed by atoms with Crippen molar-refractivity contribution < 1.29 is 9.21 Å². The molecule has 0 radical (unpaired) electrons. The maximum absolute atomic E-state index is 13.2. The number of imidazole rings is 1. The molecule has 0 bridgehead atoms. The molecule has 9 nitrogen and oxygen atoms in total. The Hall–Kier alpha value is -3.92. The van der Waals surface area contributed by atoms with E-state index in [1.54, 1.807) is 17.4 Å². The van der Waals surface area contributed by atoms with Gasteiger partial charge in [-0.15, -0.1) is 11.3 Å². The Morgan fingerprint density at radius 3 is 2.89 bits per heavy atom. The first-order chi connectivity index (χ1) is 17.0. The normalized spacial score (nSPS) is 16.5. The van der Waals surface area contributed by atoms with E-state index in [2.05, 4.69) is 14.9 Å². The Balaban J connectivity index is 1.21. The lowest BCUT2D eigenvalue weighted by Gasteiger charge is -2.40. The molecule has 3 aromatic heterocycles. The minimum atomic E-state index is -0.505. The van der Waals surface area contributed by atoms with Crippen LogP contribution in [0.15, 0.2) is 57.2 Å². The van der Waals surface area contributed by atoms with Crippen LogP contribution in [0.25, 0.3) is 33.7 Å². The highest BCUT2D eigenvalue weighted by Gasteiger charge is 2.31. The molecule has 0 spiro atoms. The zero-order valence-electron chi connectivity index (χ0n) is 19.4. The fraction of sp³-hybridized carbons (Fsp3) is 0.280. The highest BCUT2D eigenvalue weighted by Crippen LogP contribution is 2.34.